The van der Waals surface area contributed by atoms with Gasteiger partial charge in [-0.2, -0.15) is 0 Å². The van der Waals surface area contributed by atoms with Crippen LogP contribution in [0.15, 0.2) is 18.2 Å². The molecule has 19 heavy (non-hydrogen) atoms. The Morgan fingerprint density at radius 1 is 1.42 bits per heavy atom. The summed E-state index contributed by atoms with van der Waals surface area (Å²) in [7, 11) is 0. The van der Waals surface area contributed by atoms with Crippen molar-refractivity contribution in [2.45, 2.75) is 13.8 Å². The molecule has 3 N–H and O–H groups in total. The Balaban J connectivity index is 2.83. The monoisotopic (exact) mass is 284 g/mol. The highest BCUT2D eigenvalue weighted by Crippen LogP contribution is 2.21. The van der Waals surface area contributed by atoms with Crippen molar-refractivity contribution >= 4 is 29.2 Å². The molecule has 1 aromatic carbocycles. The van der Waals surface area contributed by atoms with Gasteiger partial charge in [-0.15, -0.1) is 0 Å². The highest BCUT2D eigenvalue weighted by atomic mass is 35.5. The molecular formula is C13H17ClN2O3. The summed E-state index contributed by atoms with van der Waals surface area (Å²) in [6.07, 6.45) is 0. The van der Waals surface area contributed by atoms with Crippen molar-refractivity contribution in [3.63, 3.8) is 0 Å². The summed E-state index contributed by atoms with van der Waals surface area (Å²) >= 11 is 5.81. The first-order valence-electron chi connectivity index (χ1n) is 6.00. The van der Waals surface area contributed by atoms with Crippen LogP contribution in [0, 0.1) is 5.92 Å². The summed E-state index contributed by atoms with van der Waals surface area (Å²) in [6, 6.07) is 4.28. The number of halogens is 1. The van der Waals surface area contributed by atoms with Gasteiger partial charge in [0.05, 0.1) is 11.3 Å². The first kappa shape index (κ1) is 15.5. The fourth-order valence-electron chi connectivity index (χ4n) is 1.52. The van der Waals surface area contributed by atoms with Crippen molar-refractivity contribution in [1.29, 1.82) is 0 Å². The standard InChI is InChI=1S/C13H17ClN2O3/c1-3-15-7-8(2)12(17)16-11-6-9(14)4-5-10(11)13(18)19/h4-6,8,15H,3,7H2,1-2H3,(H,16,17)(H,18,19). The van der Waals surface area contributed by atoms with Gasteiger partial charge < -0.3 is 15.7 Å². The van der Waals surface area contributed by atoms with Gasteiger partial charge in [0.1, 0.15) is 0 Å². The molecule has 1 rings (SSSR count). The molecule has 0 radical (unpaired) electrons. The van der Waals surface area contributed by atoms with Crippen LogP contribution < -0.4 is 10.6 Å². The molecule has 0 spiro atoms. The van der Waals surface area contributed by atoms with E-state index in [-0.39, 0.29) is 23.1 Å². The second kappa shape index (κ2) is 7.11. The van der Waals surface area contributed by atoms with E-state index in [0.717, 1.165) is 6.54 Å². The molecule has 1 aromatic rings. The normalized spacial score (nSPS) is 11.9. The molecule has 5 nitrogen and oxygen atoms in total. The van der Waals surface area contributed by atoms with Gasteiger partial charge in [-0.25, -0.2) is 4.79 Å². The lowest BCUT2D eigenvalue weighted by Crippen LogP contribution is -2.30. The molecule has 6 heteroatoms. The van der Waals surface area contributed by atoms with Gasteiger partial charge in [0.15, 0.2) is 0 Å². The molecule has 0 saturated heterocycles. The quantitative estimate of drug-likeness (QED) is 0.748. The van der Waals surface area contributed by atoms with Crippen LogP contribution in [0.2, 0.25) is 5.02 Å². The van der Waals surface area contributed by atoms with Crippen LogP contribution in [0.4, 0.5) is 5.69 Å². The summed E-state index contributed by atoms with van der Waals surface area (Å²) in [5, 5.41) is 15.1. The van der Waals surface area contributed by atoms with Crippen LogP contribution in [0.25, 0.3) is 0 Å². The first-order chi connectivity index (χ1) is 8.95. The van der Waals surface area contributed by atoms with Gasteiger partial charge in [-0.05, 0) is 24.7 Å². The average molecular weight is 285 g/mol. The van der Waals surface area contributed by atoms with Crippen LogP contribution in [0.1, 0.15) is 24.2 Å². The number of carbonyl (C=O) groups excluding carboxylic acids is 1. The lowest BCUT2D eigenvalue weighted by Gasteiger charge is -2.14. The van der Waals surface area contributed by atoms with Crippen LogP contribution in [-0.4, -0.2) is 30.1 Å². The molecule has 1 atom stereocenters. The van der Waals surface area contributed by atoms with E-state index in [9.17, 15) is 9.59 Å². The van der Waals surface area contributed by atoms with E-state index in [0.29, 0.717) is 11.6 Å². The van der Waals surface area contributed by atoms with Crippen LogP contribution in [0.3, 0.4) is 0 Å². The number of rotatable bonds is 6. The van der Waals surface area contributed by atoms with Crippen molar-refractivity contribution in [1.82, 2.24) is 5.32 Å². The molecule has 0 aliphatic carbocycles. The zero-order valence-corrected chi connectivity index (χ0v) is 11.6. The Hall–Kier alpha value is -1.59. The van der Waals surface area contributed by atoms with E-state index in [1.54, 1.807) is 6.92 Å². The molecule has 0 aromatic heterocycles. The van der Waals surface area contributed by atoms with Gasteiger partial charge in [0.2, 0.25) is 5.91 Å². The van der Waals surface area contributed by atoms with E-state index in [1.165, 1.54) is 18.2 Å². The zero-order chi connectivity index (χ0) is 14.4. The number of carbonyl (C=O) groups is 2. The number of nitrogens with one attached hydrogen (secondary N) is 2. The number of benzene rings is 1. The highest BCUT2D eigenvalue weighted by molar-refractivity contribution is 6.31. The maximum Gasteiger partial charge on any atom is 0.337 e. The molecule has 104 valence electrons. The Morgan fingerprint density at radius 2 is 2.11 bits per heavy atom. The van der Waals surface area contributed by atoms with Gasteiger partial charge in [0, 0.05) is 17.5 Å². The van der Waals surface area contributed by atoms with Crippen LogP contribution >= 0.6 is 11.6 Å². The number of carboxylic acid groups (broad SMARTS) is 1. The minimum absolute atomic E-state index is 0.0217. The Labute approximate surface area is 117 Å². The van der Waals surface area contributed by atoms with Crippen molar-refractivity contribution in [3.8, 4) is 0 Å². The van der Waals surface area contributed by atoms with Gasteiger partial charge >= 0.3 is 5.97 Å². The molecule has 0 saturated carbocycles. The average Bonchev–Trinajstić information content (AvgIpc) is 2.35. The molecule has 0 aliphatic heterocycles. The number of amides is 1. The predicted molar refractivity (Wildman–Crippen MR) is 74.7 cm³/mol. The lowest BCUT2D eigenvalue weighted by atomic mass is 10.1. The van der Waals surface area contributed by atoms with E-state index >= 15 is 0 Å². The highest BCUT2D eigenvalue weighted by Gasteiger charge is 2.16. The Morgan fingerprint density at radius 3 is 2.68 bits per heavy atom. The maximum atomic E-state index is 11.9. The van der Waals surface area contributed by atoms with Crippen molar-refractivity contribution in [2.24, 2.45) is 5.92 Å². The smallest absolute Gasteiger partial charge is 0.337 e. The van der Waals surface area contributed by atoms with E-state index in [2.05, 4.69) is 10.6 Å². The van der Waals surface area contributed by atoms with Crippen molar-refractivity contribution in [2.75, 3.05) is 18.4 Å². The number of hydrogen-bond donors (Lipinski definition) is 3. The summed E-state index contributed by atoms with van der Waals surface area (Å²) in [5.41, 5.74) is 0.238. The minimum Gasteiger partial charge on any atom is -0.478 e. The molecule has 0 heterocycles. The summed E-state index contributed by atoms with van der Waals surface area (Å²) < 4.78 is 0. The molecular weight excluding hydrogens is 268 g/mol. The molecule has 0 aliphatic rings. The zero-order valence-electron chi connectivity index (χ0n) is 10.9. The fourth-order valence-corrected chi connectivity index (χ4v) is 1.69. The third kappa shape index (κ3) is 4.54. The number of carboxylic acids is 1. The lowest BCUT2D eigenvalue weighted by molar-refractivity contribution is -0.119. The molecule has 0 fully saturated rings. The Kier molecular flexibility index (Phi) is 5.79. The predicted octanol–water partition coefficient (Wildman–Crippen LogP) is 2.22. The largest absolute Gasteiger partial charge is 0.478 e. The molecule has 0 bridgehead atoms. The summed E-state index contributed by atoms with van der Waals surface area (Å²) in [5.74, 6) is -1.61. The fraction of sp³-hybridized carbons (Fsp3) is 0.385. The molecule has 1 amide bonds. The van der Waals surface area contributed by atoms with E-state index < -0.39 is 5.97 Å². The van der Waals surface area contributed by atoms with Crippen molar-refractivity contribution in [3.05, 3.63) is 28.8 Å². The van der Waals surface area contributed by atoms with E-state index in [1.807, 2.05) is 6.92 Å². The number of hydrogen-bond acceptors (Lipinski definition) is 3. The van der Waals surface area contributed by atoms with Crippen molar-refractivity contribution < 1.29 is 14.7 Å². The third-order valence-electron chi connectivity index (χ3n) is 2.62. The second-order valence-electron chi connectivity index (χ2n) is 4.19. The SMILES string of the molecule is CCNCC(C)C(=O)Nc1cc(Cl)ccc1C(=O)O. The summed E-state index contributed by atoms with van der Waals surface area (Å²) in [4.78, 5) is 23.0. The Bertz CT molecular complexity index is 477. The second-order valence-corrected chi connectivity index (χ2v) is 4.63. The number of anilines is 1. The van der Waals surface area contributed by atoms with Crippen LogP contribution in [0.5, 0.6) is 0 Å². The van der Waals surface area contributed by atoms with Gasteiger partial charge in [0.25, 0.3) is 0 Å². The first-order valence-corrected chi connectivity index (χ1v) is 6.38. The van der Waals surface area contributed by atoms with E-state index in [4.69, 9.17) is 16.7 Å². The maximum absolute atomic E-state index is 11.9. The van der Waals surface area contributed by atoms with Crippen LogP contribution in [-0.2, 0) is 4.79 Å². The number of aromatic carboxylic acids is 1. The molecule has 1 unspecified atom stereocenters. The minimum atomic E-state index is -1.11. The van der Waals surface area contributed by atoms with Gasteiger partial charge in [-0.3, -0.25) is 4.79 Å². The summed E-state index contributed by atoms with van der Waals surface area (Å²) in [6.45, 7) is 5.02. The topological polar surface area (TPSA) is 78.4 Å². The third-order valence-corrected chi connectivity index (χ3v) is 2.85. The van der Waals surface area contributed by atoms with Gasteiger partial charge in [-0.1, -0.05) is 25.4 Å².